The number of carbonyl (C=O) groups excluding carboxylic acids is 2. The number of hydrogen-bond acceptors (Lipinski definition) is 8. The Hall–Kier alpha value is -3.27. The molecule has 0 bridgehead atoms. The standard InChI is InChI=1S/C28H43N7O6S2/c1-3-4-15-35(16-13-32-42(2,38)39)28(37)26(18-27(36)30-19-22-8-7-14-34(20-22)21-31-29)33-43(40,41)25-12-11-23-9-5-6-10-24(23)17-25/h5-6,9-12,17,21-22,26,32-33H,3-4,7-8,13-16,18-20,29H2,1-2H3,(H,30,36)/t22-,26-/m0/s1. The van der Waals surface area contributed by atoms with Crippen molar-refractivity contribution in [3.63, 3.8) is 0 Å². The molecule has 0 spiro atoms. The van der Waals surface area contributed by atoms with E-state index in [9.17, 15) is 26.4 Å². The zero-order valence-electron chi connectivity index (χ0n) is 24.7. The zero-order valence-corrected chi connectivity index (χ0v) is 26.4. The highest BCUT2D eigenvalue weighted by molar-refractivity contribution is 7.89. The SMILES string of the molecule is CCCCN(CCNS(C)(=O)=O)C(=O)[C@H](CC(=O)NC[C@@H]1CCCN(C=NN)C1)NS(=O)(=O)c1ccc2ccccc2c1. The largest absolute Gasteiger partial charge is 0.361 e. The van der Waals surface area contributed by atoms with Crippen molar-refractivity contribution in [3.8, 4) is 0 Å². The van der Waals surface area contributed by atoms with E-state index >= 15 is 0 Å². The Morgan fingerprint density at radius 3 is 2.58 bits per heavy atom. The number of fused-ring (bicyclic) bond motifs is 1. The molecule has 238 valence electrons. The summed E-state index contributed by atoms with van der Waals surface area (Å²) in [6.07, 6.45) is 5.33. The molecule has 0 aromatic heterocycles. The minimum absolute atomic E-state index is 0.0162. The van der Waals surface area contributed by atoms with Crippen LogP contribution in [0.25, 0.3) is 10.8 Å². The van der Waals surface area contributed by atoms with Gasteiger partial charge in [-0.3, -0.25) is 9.59 Å². The molecule has 2 amide bonds. The van der Waals surface area contributed by atoms with E-state index in [-0.39, 0.29) is 30.4 Å². The molecular formula is C28H43N7O6S2. The van der Waals surface area contributed by atoms with Crippen LogP contribution in [0.1, 0.15) is 39.0 Å². The first-order chi connectivity index (χ1) is 20.4. The van der Waals surface area contributed by atoms with Crippen molar-refractivity contribution in [2.24, 2.45) is 16.9 Å². The van der Waals surface area contributed by atoms with E-state index in [2.05, 4.69) is 19.9 Å². The molecule has 1 fully saturated rings. The first-order valence-corrected chi connectivity index (χ1v) is 17.8. The zero-order chi connectivity index (χ0) is 31.5. The molecule has 1 heterocycles. The molecular weight excluding hydrogens is 594 g/mol. The van der Waals surface area contributed by atoms with Gasteiger partial charge in [-0.15, -0.1) is 0 Å². The molecule has 2 aromatic rings. The van der Waals surface area contributed by atoms with Gasteiger partial charge in [-0.05, 0) is 48.1 Å². The van der Waals surface area contributed by atoms with E-state index in [0.717, 1.165) is 37.4 Å². The van der Waals surface area contributed by atoms with Crippen LogP contribution in [0.4, 0.5) is 0 Å². The van der Waals surface area contributed by atoms with Crippen LogP contribution in [0, 0.1) is 5.92 Å². The molecule has 2 atom stereocenters. The van der Waals surface area contributed by atoms with Gasteiger partial charge in [0.05, 0.1) is 17.6 Å². The third-order valence-electron chi connectivity index (χ3n) is 7.22. The molecule has 1 saturated heterocycles. The van der Waals surface area contributed by atoms with Gasteiger partial charge in [0.1, 0.15) is 12.4 Å². The Morgan fingerprint density at radius 1 is 1.14 bits per heavy atom. The smallest absolute Gasteiger partial charge is 0.241 e. The number of nitrogens with zero attached hydrogens (tertiary/aromatic N) is 3. The second-order valence-corrected chi connectivity index (χ2v) is 14.4. The lowest BCUT2D eigenvalue weighted by Gasteiger charge is -2.31. The van der Waals surface area contributed by atoms with Gasteiger partial charge in [-0.1, -0.05) is 43.7 Å². The van der Waals surface area contributed by atoms with Crippen LogP contribution in [0.3, 0.4) is 0 Å². The van der Waals surface area contributed by atoms with Gasteiger partial charge in [-0.2, -0.15) is 9.82 Å². The number of sulfonamides is 2. The highest BCUT2D eigenvalue weighted by Crippen LogP contribution is 2.20. The minimum Gasteiger partial charge on any atom is -0.361 e. The van der Waals surface area contributed by atoms with E-state index < -0.39 is 44.3 Å². The minimum atomic E-state index is -4.21. The number of carbonyl (C=O) groups is 2. The van der Waals surface area contributed by atoms with E-state index in [0.29, 0.717) is 24.9 Å². The van der Waals surface area contributed by atoms with Crippen molar-refractivity contribution >= 4 is 49.0 Å². The number of nitrogens with two attached hydrogens (primary N) is 1. The maximum Gasteiger partial charge on any atom is 0.241 e. The summed E-state index contributed by atoms with van der Waals surface area (Å²) in [5, 5.41) is 7.99. The van der Waals surface area contributed by atoms with Crippen molar-refractivity contribution in [2.45, 2.75) is 50.0 Å². The van der Waals surface area contributed by atoms with Crippen LogP contribution in [0.2, 0.25) is 0 Å². The highest BCUT2D eigenvalue weighted by Gasteiger charge is 2.32. The van der Waals surface area contributed by atoms with Crippen LogP contribution >= 0.6 is 0 Å². The molecule has 15 heteroatoms. The number of hydrazone groups is 1. The monoisotopic (exact) mass is 637 g/mol. The second kappa shape index (κ2) is 16.0. The Labute approximate surface area is 254 Å². The summed E-state index contributed by atoms with van der Waals surface area (Å²) in [5.41, 5.74) is 0. The van der Waals surface area contributed by atoms with Crippen LogP contribution in [-0.4, -0.2) is 96.4 Å². The summed E-state index contributed by atoms with van der Waals surface area (Å²) >= 11 is 0. The van der Waals surface area contributed by atoms with Crippen molar-refractivity contribution in [3.05, 3.63) is 42.5 Å². The van der Waals surface area contributed by atoms with Crippen LogP contribution in [0.15, 0.2) is 52.5 Å². The Morgan fingerprint density at radius 2 is 1.88 bits per heavy atom. The van der Waals surface area contributed by atoms with Crippen molar-refractivity contribution in [2.75, 3.05) is 45.5 Å². The second-order valence-electron chi connectivity index (χ2n) is 10.8. The highest BCUT2D eigenvalue weighted by atomic mass is 32.2. The molecule has 0 radical (unpaired) electrons. The topological polar surface area (TPSA) is 183 Å². The first kappa shape index (κ1) is 34.2. The molecule has 13 nitrogen and oxygen atoms in total. The maximum atomic E-state index is 13.8. The van der Waals surface area contributed by atoms with Gasteiger partial charge in [0.2, 0.25) is 31.9 Å². The Bertz CT molecular complexity index is 1480. The summed E-state index contributed by atoms with van der Waals surface area (Å²) in [7, 11) is -7.71. The fourth-order valence-corrected chi connectivity index (χ4v) is 6.70. The fraction of sp³-hybridized carbons (Fsp3) is 0.536. The Kier molecular flexibility index (Phi) is 12.7. The number of amides is 2. The Balaban J connectivity index is 1.80. The first-order valence-electron chi connectivity index (χ1n) is 14.4. The predicted octanol–water partition coefficient (Wildman–Crippen LogP) is 0.785. The summed E-state index contributed by atoms with van der Waals surface area (Å²) in [6, 6.07) is 10.5. The third kappa shape index (κ3) is 11.1. The predicted molar refractivity (Wildman–Crippen MR) is 167 cm³/mol. The fourth-order valence-electron chi connectivity index (χ4n) is 5.02. The van der Waals surface area contributed by atoms with Gasteiger partial charge in [0.15, 0.2) is 0 Å². The summed E-state index contributed by atoms with van der Waals surface area (Å²) < 4.78 is 55.1. The molecule has 1 aliphatic heterocycles. The molecule has 2 aromatic carbocycles. The maximum absolute atomic E-state index is 13.8. The molecule has 43 heavy (non-hydrogen) atoms. The van der Waals surface area contributed by atoms with E-state index in [1.165, 1.54) is 17.0 Å². The van der Waals surface area contributed by atoms with Crippen molar-refractivity contribution in [1.29, 1.82) is 0 Å². The van der Waals surface area contributed by atoms with Gasteiger partial charge >= 0.3 is 0 Å². The number of piperidine rings is 1. The van der Waals surface area contributed by atoms with Gasteiger partial charge in [0, 0.05) is 39.3 Å². The normalized spacial score (nSPS) is 16.8. The number of hydrogen-bond donors (Lipinski definition) is 4. The van der Waals surface area contributed by atoms with Gasteiger partial charge in [0.25, 0.3) is 0 Å². The van der Waals surface area contributed by atoms with Crippen LogP contribution in [0.5, 0.6) is 0 Å². The van der Waals surface area contributed by atoms with Crippen molar-refractivity contribution < 1.29 is 26.4 Å². The molecule has 0 saturated carbocycles. The van der Waals surface area contributed by atoms with Crippen LogP contribution in [-0.2, 0) is 29.6 Å². The lowest BCUT2D eigenvalue weighted by Crippen LogP contribution is -2.52. The number of benzene rings is 2. The number of nitrogens with one attached hydrogen (secondary N) is 3. The number of likely N-dealkylation sites (tertiary alicyclic amines) is 1. The summed E-state index contributed by atoms with van der Waals surface area (Å²) in [5.74, 6) is 4.33. The van der Waals surface area contributed by atoms with Crippen LogP contribution < -0.4 is 20.6 Å². The number of rotatable bonds is 16. The molecule has 3 rings (SSSR count). The third-order valence-corrected chi connectivity index (χ3v) is 9.42. The van der Waals surface area contributed by atoms with E-state index in [1.807, 2.05) is 24.0 Å². The molecule has 5 N–H and O–H groups in total. The quantitative estimate of drug-likeness (QED) is 0.0901. The number of unbranched alkanes of at least 4 members (excludes halogenated alkanes) is 1. The van der Waals surface area contributed by atoms with E-state index in [1.54, 1.807) is 24.5 Å². The molecule has 0 unspecified atom stereocenters. The molecule has 1 aliphatic rings. The van der Waals surface area contributed by atoms with Gasteiger partial charge < -0.3 is 21.0 Å². The van der Waals surface area contributed by atoms with Gasteiger partial charge in [-0.25, -0.2) is 21.6 Å². The van der Waals surface area contributed by atoms with E-state index in [4.69, 9.17) is 5.84 Å². The average Bonchev–Trinajstić information content (AvgIpc) is 2.96. The van der Waals surface area contributed by atoms with Crippen molar-refractivity contribution in [1.82, 2.24) is 24.6 Å². The summed E-state index contributed by atoms with van der Waals surface area (Å²) in [4.78, 5) is 30.2. The average molecular weight is 638 g/mol. The lowest BCUT2D eigenvalue weighted by molar-refractivity contribution is -0.135. The lowest BCUT2D eigenvalue weighted by atomic mass is 9.98. The summed E-state index contributed by atoms with van der Waals surface area (Å²) in [6.45, 7) is 4.02. The molecule has 0 aliphatic carbocycles.